The molecule has 1 saturated carbocycles. The number of rotatable bonds is 4. The van der Waals surface area contributed by atoms with Gasteiger partial charge in [-0.3, -0.25) is 0 Å². The smallest absolute Gasteiger partial charge is 0.123 e. The topological polar surface area (TPSA) is 9.23 Å². The SMILES string of the molecule is Fc1ccc(OCC2(CBr)CCC2)cc1. The molecule has 1 nitrogen and oxygen atoms in total. The van der Waals surface area contributed by atoms with Crippen LogP contribution in [-0.2, 0) is 0 Å². The van der Waals surface area contributed by atoms with Crippen molar-refractivity contribution >= 4 is 15.9 Å². The normalized spacial score (nSPS) is 18.3. The number of ether oxygens (including phenoxy) is 1. The summed E-state index contributed by atoms with van der Waals surface area (Å²) in [5.74, 6) is 0.532. The molecular weight excluding hydrogens is 259 g/mol. The van der Waals surface area contributed by atoms with Crippen LogP contribution in [0.1, 0.15) is 19.3 Å². The molecule has 1 aromatic carbocycles. The first kappa shape index (κ1) is 10.9. The zero-order valence-electron chi connectivity index (χ0n) is 8.51. The average molecular weight is 273 g/mol. The molecule has 1 aromatic rings. The Morgan fingerprint density at radius 1 is 1.27 bits per heavy atom. The first-order valence-electron chi connectivity index (χ1n) is 5.18. The molecule has 0 atom stereocenters. The minimum absolute atomic E-state index is 0.221. The van der Waals surface area contributed by atoms with E-state index < -0.39 is 0 Å². The van der Waals surface area contributed by atoms with Gasteiger partial charge >= 0.3 is 0 Å². The monoisotopic (exact) mass is 272 g/mol. The summed E-state index contributed by atoms with van der Waals surface area (Å²) in [6, 6.07) is 6.21. The van der Waals surface area contributed by atoms with Crippen molar-refractivity contribution in [2.75, 3.05) is 11.9 Å². The van der Waals surface area contributed by atoms with Crippen LogP contribution in [0.15, 0.2) is 24.3 Å². The minimum Gasteiger partial charge on any atom is -0.493 e. The van der Waals surface area contributed by atoms with E-state index in [1.54, 1.807) is 12.1 Å². The number of halogens is 2. The largest absolute Gasteiger partial charge is 0.493 e. The lowest BCUT2D eigenvalue weighted by molar-refractivity contribution is 0.0838. The Labute approximate surface area is 97.8 Å². The first-order chi connectivity index (χ1) is 7.24. The van der Waals surface area contributed by atoms with Crippen molar-refractivity contribution in [2.24, 2.45) is 5.41 Å². The van der Waals surface area contributed by atoms with Gasteiger partial charge < -0.3 is 4.74 Å². The predicted octanol–water partition coefficient (Wildman–Crippen LogP) is 3.77. The molecule has 82 valence electrons. The van der Waals surface area contributed by atoms with Crippen LogP contribution in [0.4, 0.5) is 4.39 Å². The van der Waals surface area contributed by atoms with Gasteiger partial charge in [-0.2, -0.15) is 0 Å². The fraction of sp³-hybridized carbons (Fsp3) is 0.500. The van der Waals surface area contributed by atoms with E-state index >= 15 is 0 Å². The van der Waals surface area contributed by atoms with Gasteiger partial charge in [0.25, 0.3) is 0 Å². The van der Waals surface area contributed by atoms with Crippen LogP contribution in [0.2, 0.25) is 0 Å². The molecule has 1 aliphatic carbocycles. The van der Waals surface area contributed by atoms with E-state index in [0.717, 1.165) is 17.7 Å². The molecule has 3 heteroatoms. The van der Waals surface area contributed by atoms with Gasteiger partial charge in [0.1, 0.15) is 11.6 Å². The Morgan fingerprint density at radius 3 is 2.40 bits per heavy atom. The fourth-order valence-corrected chi connectivity index (χ4v) is 2.48. The lowest BCUT2D eigenvalue weighted by Gasteiger charge is -2.39. The summed E-state index contributed by atoms with van der Waals surface area (Å²) in [6.07, 6.45) is 3.73. The summed E-state index contributed by atoms with van der Waals surface area (Å²) in [6.45, 7) is 0.726. The van der Waals surface area contributed by atoms with Crippen LogP contribution in [0.5, 0.6) is 5.75 Å². The van der Waals surface area contributed by atoms with Crippen LogP contribution in [-0.4, -0.2) is 11.9 Å². The van der Waals surface area contributed by atoms with Crippen LogP contribution in [0.3, 0.4) is 0 Å². The van der Waals surface area contributed by atoms with Gasteiger partial charge in [-0.15, -0.1) is 0 Å². The van der Waals surface area contributed by atoms with E-state index in [9.17, 15) is 4.39 Å². The average Bonchev–Trinajstić information content (AvgIpc) is 2.20. The zero-order valence-corrected chi connectivity index (χ0v) is 10.1. The molecule has 0 bridgehead atoms. The quantitative estimate of drug-likeness (QED) is 0.759. The molecule has 0 unspecified atom stereocenters. The third-order valence-electron chi connectivity index (χ3n) is 3.06. The summed E-state index contributed by atoms with van der Waals surface area (Å²) in [5.41, 5.74) is 0.314. The van der Waals surface area contributed by atoms with Crippen molar-refractivity contribution in [3.8, 4) is 5.75 Å². The summed E-state index contributed by atoms with van der Waals surface area (Å²) < 4.78 is 18.3. The predicted molar refractivity (Wildman–Crippen MR) is 62.0 cm³/mol. The Bertz CT molecular complexity index is 313. The molecule has 1 aliphatic rings. The second-order valence-electron chi connectivity index (χ2n) is 4.23. The van der Waals surface area contributed by atoms with Crippen molar-refractivity contribution in [1.82, 2.24) is 0 Å². The molecule has 0 spiro atoms. The lowest BCUT2D eigenvalue weighted by atomic mass is 9.71. The van der Waals surface area contributed by atoms with Crippen molar-refractivity contribution in [1.29, 1.82) is 0 Å². The molecular formula is C12H14BrFO. The molecule has 0 N–H and O–H groups in total. The van der Waals surface area contributed by atoms with Crippen LogP contribution in [0, 0.1) is 11.2 Å². The van der Waals surface area contributed by atoms with Crippen molar-refractivity contribution in [2.45, 2.75) is 19.3 Å². The van der Waals surface area contributed by atoms with Gasteiger partial charge in [0.2, 0.25) is 0 Å². The molecule has 0 amide bonds. The molecule has 2 rings (SSSR count). The Morgan fingerprint density at radius 2 is 1.93 bits per heavy atom. The molecule has 1 fully saturated rings. The summed E-state index contributed by atoms with van der Waals surface area (Å²) in [7, 11) is 0. The van der Waals surface area contributed by atoms with Gasteiger partial charge in [-0.1, -0.05) is 22.4 Å². The van der Waals surface area contributed by atoms with Crippen molar-refractivity contribution in [3.63, 3.8) is 0 Å². The maximum atomic E-state index is 12.6. The number of hydrogen-bond acceptors (Lipinski definition) is 1. The molecule has 0 radical (unpaired) electrons. The Kier molecular flexibility index (Phi) is 3.29. The highest BCUT2D eigenvalue weighted by molar-refractivity contribution is 9.09. The number of benzene rings is 1. The van der Waals surface area contributed by atoms with E-state index in [1.165, 1.54) is 31.4 Å². The second kappa shape index (κ2) is 4.52. The van der Waals surface area contributed by atoms with Gasteiger partial charge in [0, 0.05) is 10.7 Å². The Balaban J connectivity index is 1.90. The molecule has 0 aromatic heterocycles. The molecule has 15 heavy (non-hydrogen) atoms. The third-order valence-corrected chi connectivity index (χ3v) is 4.25. The molecule has 0 heterocycles. The van der Waals surface area contributed by atoms with E-state index in [4.69, 9.17) is 4.74 Å². The first-order valence-corrected chi connectivity index (χ1v) is 6.31. The highest BCUT2D eigenvalue weighted by Gasteiger charge is 2.36. The number of hydrogen-bond donors (Lipinski definition) is 0. The van der Waals surface area contributed by atoms with Crippen LogP contribution in [0.25, 0.3) is 0 Å². The van der Waals surface area contributed by atoms with Crippen molar-refractivity contribution < 1.29 is 9.13 Å². The van der Waals surface area contributed by atoms with Gasteiger partial charge in [-0.05, 0) is 37.1 Å². The van der Waals surface area contributed by atoms with Crippen LogP contribution < -0.4 is 4.74 Å². The Hall–Kier alpha value is -0.570. The summed E-state index contributed by atoms with van der Waals surface area (Å²) >= 11 is 3.53. The van der Waals surface area contributed by atoms with Gasteiger partial charge in [-0.25, -0.2) is 4.39 Å². The van der Waals surface area contributed by atoms with Crippen molar-refractivity contribution in [3.05, 3.63) is 30.1 Å². The lowest BCUT2D eigenvalue weighted by Crippen LogP contribution is -2.37. The zero-order chi connectivity index (χ0) is 10.7. The highest BCUT2D eigenvalue weighted by Crippen LogP contribution is 2.42. The van der Waals surface area contributed by atoms with E-state index in [-0.39, 0.29) is 5.82 Å². The molecule has 0 aliphatic heterocycles. The van der Waals surface area contributed by atoms with E-state index in [2.05, 4.69) is 15.9 Å². The van der Waals surface area contributed by atoms with E-state index in [0.29, 0.717) is 5.41 Å². The maximum Gasteiger partial charge on any atom is 0.123 e. The highest BCUT2D eigenvalue weighted by atomic mass is 79.9. The minimum atomic E-state index is -0.221. The summed E-state index contributed by atoms with van der Waals surface area (Å²) in [4.78, 5) is 0. The van der Waals surface area contributed by atoms with Gasteiger partial charge in [0.15, 0.2) is 0 Å². The van der Waals surface area contributed by atoms with E-state index in [1.807, 2.05) is 0 Å². The number of alkyl halides is 1. The van der Waals surface area contributed by atoms with Gasteiger partial charge in [0.05, 0.1) is 6.61 Å². The fourth-order valence-electron chi connectivity index (χ4n) is 1.76. The standard InChI is InChI=1S/C12H14BrFO/c13-8-12(6-1-7-12)9-15-11-4-2-10(14)3-5-11/h2-5H,1,6-9H2. The van der Waals surface area contributed by atoms with Crippen LogP contribution >= 0.6 is 15.9 Å². The third kappa shape index (κ3) is 2.51. The maximum absolute atomic E-state index is 12.6. The second-order valence-corrected chi connectivity index (χ2v) is 4.79. The summed E-state index contributed by atoms with van der Waals surface area (Å²) in [5, 5.41) is 0.987. The molecule has 0 saturated heterocycles.